The number of amides is 1. The van der Waals surface area contributed by atoms with Gasteiger partial charge in [-0.1, -0.05) is 0 Å². The van der Waals surface area contributed by atoms with Crippen LogP contribution in [0.3, 0.4) is 0 Å². The van der Waals surface area contributed by atoms with Gasteiger partial charge in [0.1, 0.15) is 11.5 Å². The highest BCUT2D eigenvalue weighted by Crippen LogP contribution is 2.22. The lowest BCUT2D eigenvalue weighted by Gasteiger charge is -2.11. The summed E-state index contributed by atoms with van der Waals surface area (Å²) in [6, 6.07) is 15.4. The number of hydrogen-bond donors (Lipinski definition) is 1. The van der Waals surface area contributed by atoms with Gasteiger partial charge in [0.2, 0.25) is 5.91 Å². The van der Waals surface area contributed by atoms with Crippen LogP contribution in [0.15, 0.2) is 53.4 Å². The van der Waals surface area contributed by atoms with Gasteiger partial charge < -0.3 is 19.7 Å². The minimum Gasteiger partial charge on any atom is -0.497 e. The summed E-state index contributed by atoms with van der Waals surface area (Å²) in [5.41, 5.74) is 0.787. The van der Waals surface area contributed by atoms with E-state index >= 15 is 0 Å². The Labute approximate surface area is 166 Å². The largest absolute Gasteiger partial charge is 0.497 e. The third kappa shape index (κ3) is 8.37. The first-order valence-electron chi connectivity index (χ1n) is 9.01. The Hall–Kier alpha value is -2.18. The standard InChI is InChI=1S/C21H28N2O3S/c1-23(2)14-4-15-26-19-7-5-17(6-8-19)22-21(24)13-16-27-20-11-9-18(25-3)10-12-20/h5-12H,4,13-16H2,1-3H3,(H,22,24). The number of hydrogen-bond acceptors (Lipinski definition) is 5. The number of carbonyl (C=O) groups is 1. The van der Waals surface area contributed by atoms with Crippen LogP contribution in [0.2, 0.25) is 0 Å². The van der Waals surface area contributed by atoms with E-state index in [9.17, 15) is 4.79 Å². The SMILES string of the molecule is COc1ccc(SCCC(=O)Nc2ccc(OCCCN(C)C)cc2)cc1. The van der Waals surface area contributed by atoms with Crippen molar-refractivity contribution in [2.24, 2.45) is 0 Å². The van der Waals surface area contributed by atoms with Gasteiger partial charge in [0, 0.05) is 29.3 Å². The highest BCUT2D eigenvalue weighted by atomic mass is 32.2. The van der Waals surface area contributed by atoms with Crippen LogP contribution in [0, 0.1) is 0 Å². The molecule has 0 aliphatic carbocycles. The predicted molar refractivity (Wildman–Crippen MR) is 112 cm³/mol. The van der Waals surface area contributed by atoms with E-state index in [2.05, 4.69) is 10.2 Å². The molecule has 27 heavy (non-hydrogen) atoms. The quantitative estimate of drug-likeness (QED) is 0.463. The van der Waals surface area contributed by atoms with E-state index < -0.39 is 0 Å². The molecule has 0 saturated heterocycles. The zero-order valence-corrected chi connectivity index (χ0v) is 17.1. The number of methoxy groups -OCH3 is 1. The Bertz CT molecular complexity index is 688. The lowest BCUT2D eigenvalue weighted by molar-refractivity contribution is -0.115. The molecule has 0 spiro atoms. The maximum Gasteiger partial charge on any atom is 0.225 e. The first-order chi connectivity index (χ1) is 13.1. The van der Waals surface area contributed by atoms with Crippen molar-refractivity contribution < 1.29 is 14.3 Å². The van der Waals surface area contributed by atoms with Crippen LogP contribution >= 0.6 is 11.8 Å². The molecule has 0 aliphatic rings. The Morgan fingerprint density at radius 3 is 2.33 bits per heavy atom. The molecule has 0 aliphatic heterocycles. The summed E-state index contributed by atoms with van der Waals surface area (Å²) >= 11 is 1.65. The van der Waals surface area contributed by atoms with Crippen molar-refractivity contribution >= 4 is 23.4 Å². The normalized spacial score (nSPS) is 10.7. The molecule has 2 aromatic carbocycles. The monoisotopic (exact) mass is 388 g/mol. The third-order valence-electron chi connectivity index (χ3n) is 3.81. The van der Waals surface area contributed by atoms with E-state index in [1.807, 2.05) is 62.6 Å². The summed E-state index contributed by atoms with van der Waals surface area (Å²) in [6.45, 7) is 1.69. The fourth-order valence-electron chi connectivity index (χ4n) is 2.36. The van der Waals surface area contributed by atoms with Gasteiger partial charge >= 0.3 is 0 Å². The van der Waals surface area contributed by atoms with Gasteiger partial charge in [-0.15, -0.1) is 11.8 Å². The minimum absolute atomic E-state index is 0.00987. The number of rotatable bonds is 11. The van der Waals surface area contributed by atoms with Crippen LogP contribution in [-0.2, 0) is 4.79 Å². The van der Waals surface area contributed by atoms with Gasteiger partial charge in [0.15, 0.2) is 0 Å². The molecule has 5 nitrogen and oxygen atoms in total. The Balaban J connectivity index is 1.67. The molecule has 1 amide bonds. The second-order valence-electron chi connectivity index (χ2n) is 6.35. The summed E-state index contributed by atoms with van der Waals surface area (Å²) < 4.78 is 10.8. The molecule has 0 radical (unpaired) electrons. The summed E-state index contributed by atoms with van der Waals surface area (Å²) in [6.07, 6.45) is 1.44. The molecule has 0 bridgehead atoms. The van der Waals surface area contributed by atoms with Gasteiger partial charge in [-0.25, -0.2) is 0 Å². The molecular formula is C21H28N2O3S. The van der Waals surface area contributed by atoms with Gasteiger partial charge in [0.05, 0.1) is 13.7 Å². The van der Waals surface area contributed by atoms with Crippen LogP contribution in [0.1, 0.15) is 12.8 Å². The molecule has 0 unspecified atom stereocenters. The van der Waals surface area contributed by atoms with E-state index in [0.717, 1.165) is 40.8 Å². The van der Waals surface area contributed by atoms with E-state index in [-0.39, 0.29) is 5.91 Å². The Morgan fingerprint density at radius 1 is 1.04 bits per heavy atom. The summed E-state index contributed by atoms with van der Waals surface area (Å²) in [7, 11) is 5.75. The molecular weight excluding hydrogens is 360 g/mol. The van der Waals surface area contributed by atoms with Crippen molar-refractivity contribution in [3.8, 4) is 11.5 Å². The van der Waals surface area contributed by atoms with Gasteiger partial charge in [0.25, 0.3) is 0 Å². The lowest BCUT2D eigenvalue weighted by atomic mass is 10.3. The van der Waals surface area contributed by atoms with Gasteiger partial charge in [-0.05, 0) is 69.0 Å². The van der Waals surface area contributed by atoms with Crippen LogP contribution < -0.4 is 14.8 Å². The van der Waals surface area contributed by atoms with E-state index in [1.165, 1.54) is 0 Å². The Kier molecular flexibility index (Phi) is 9.01. The molecule has 0 aromatic heterocycles. The molecule has 0 saturated carbocycles. The smallest absolute Gasteiger partial charge is 0.225 e. The summed E-state index contributed by atoms with van der Waals surface area (Å²) in [5, 5.41) is 2.92. The highest BCUT2D eigenvalue weighted by Gasteiger charge is 2.04. The molecule has 2 rings (SSSR count). The van der Waals surface area contributed by atoms with Crippen molar-refractivity contribution in [2.75, 3.05) is 45.4 Å². The lowest BCUT2D eigenvalue weighted by Crippen LogP contribution is -2.15. The average molecular weight is 389 g/mol. The van der Waals surface area contributed by atoms with Crippen molar-refractivity contribution in [2.45, 2.75) is 17.7 Å². The predicted octanol–water partition coefficient (Wildman–Crippen LogP) is 4.15. The average Bonchev–Trinajstić information content (AvgIpc) is 2.67. The number of nitrogens with one attached hydrogen (secondary N) is 1. The van der Waals surface area contributed by atoms with Crippen molar-refractivity contribution in [1.82, 2.24) is 4.90 Å². The number of nitrogens with zero attached hydrogens (tertiary/aromatic N) is 1. The summed E-state index contributed by atoms with van der Waals surface area (Å²) in [5.74, 6) is 2.39. The first-order valence-corrected chi connectivity index (χ1v) is 9.99. The molecule has 0 fully saturated rings. The van der Waals surface area contributed by atoms with Crippen LogP contribution in [-0.4, -0.2) is 50.9 Å². The molecule has 146 valence electrons. The first kappa shape index (κ1) is 21.1. The van der Waals surface area contributed by atoms with Gasteiger partial charge in [-0.3, -0.25) is 4.79 Å². The zero-order chi connectivity index (χ0) is 19.5. The van der Waals surface area contributed by atoms with Crippen LogP contribution in [0.4, 0.5) is 5.69 Å². The molecule has 0 heterocycles. The number of benzene rings is 2. The number of anilines is 1. The minimum atomic E-state index is 0.00987. The fraction of sp³-hybridized carbons (Fsp3) is 0.381. The number of carbonyl (C=O) groups excluding carboxylic acids is 1. The second kappa shape index (κ2) is 11.5. The number of ether oxygens (including phenoxy) is 2. The molecule has 2 aromatic rings. The van der Waals surface area contributed by atoms with Crippen LogP contribution in [0.5, 0.6) is 11.5 Å². The Morgan fingerprint density at radius 2 is 1.70 bits per heavy atom. The second-order valence-corrected chi connectivity index (χ2v) is 7.52. The van der Waals surface area contributed by atoms with Crippen molar-refractivity contribution in [3.63, 3.8) is 0 Å². The van der Waals surface area contributed by atoms with E-state index in [0.29, 0.717) is 13.0 Å². The third-order valence-corrected chi connectivity index (χ3v) is 4.83. The van der Waals surface area contributed by atoms with E-state index in [1.54, 1.807) is 18.9 Å². The van der Waals surface area contributed by atoms with E-state index in [4.69, 9.17) is 9.47 Å². The molecule has 0 atom stereocenters. The highest BCUT2D eigenvalue weighted by molar-refractivity contribution is 7.99. The number of thioether (sulfide) groups is 1. The topological polar surface area (TPSA) is 50.8 Å². The zero-order valence-electron chi connectivity index (χ0n) is 16.2. The molecule has 1 N–H and O–H groups in total. The van der Waals surface area contributed by atoms with Crippen molar-refractivity contribution in [3.05, 3.63) is 48.5 Å². The fourth-order valence-corrected chi connectivity index (χ4v) is 3.21. The van der Waals surface area contributed by atoms with Gasteiger partial charge in [-0.2, -0.15) is 0 Å². The molecule has 6 heteroatoms. The van der Waals surface area contributed by atoms with Crippen molar-refractivity contribution in [1.29, 1.82) is 0 Å². The maximum absolute atomic E-state index is 12.1. The maximum atomic E-state index is 12.1. The summed E-state index contributed by atoms with van der Waals surface area (Å²) in [4.78, 5) is 15.3. The van der Waals surface area contributed by atoms with Crippen LogP contribution in [0.25, 0.3) is 0 Å².